The highest BCUT2D eigenvalue weighted by atomic mass is 35.5. The monoisotopic (exact) mass is 338 g/mol. The summed E-state index contributed by atoms with van der Waals surface area (Å²) < 4.78 is 5.18. The molecule has 1 aliphatic rings. The van der Waals surface area contributed by atoms with Gasteiger partial charge in [-0.05, 0) is 36.0 Å². The van der Waals surface area contributed by atoms with Crippen LogP contribution in [0.25, 0.3) is 6.08 Å². The number of nitrogens with zero attached hydrogens (tertiary/aromatic N) is 1. The Balaban J connectivity index is 1.78. The highest BCUT2D eigenvalue weighted by Crippen LogP contribution is 2.33. The summed E-state index contributed by atoms with van der Waals surface area (Å²) >= 11 is 13.2. The maximum Gasteiger partial charge on any atom is 0.286 e. The molecule has 1 aliphatic heterocycles. The smallest absolute Gasteiger partial charge is 0.286 e. The van der Waals surface area contributed by atoms with Gasteiger partial charge < -0.3 is 9.73 Å². The molecule has 0 unspecified atom stereocenters. The molecule has 0 bridgehead atoms. The van der Waals surface area contributed by atoms with Crippen LogP contribution in [0.2, 0.25) is 10.0 Å². The van der Waals surface area contributed by atoms with Crippen molar-refractivity contribution in [1.82, 2.24) is 0 Å². The van der Waals surface area contributed by atoms with E-state index in [1.807, 2.05) is 0 Å². The number of amidine groups is 1. The number of nitrogens with one attached hydrogen (secondary N) is 1. The average Bonchev–Trinajstić information content (AvgIpc) is 3.07. The van der Waals surface area contributed by atoms with Crippen molar-refractivity contribution in [2.75, 3.05) is 5.32 Å². The number of benzene rings is 1. The molecule has 4 nitrogen and oxygen atoms in total. The largest absolute Gasteiger partial charge is 0.465 e. The molecule has 1 N–H and O–H groups in total. The average molecular weight is 339 g/mol. The zero-order chi connectivity index (χ0) is 14.8. The van der Waals surface area contributed by atoms with Gasteiger partial charge in [0.15, 0.2) is 5.17 Å². The van der Waals surface area contributed by atoms with E-state index in [1.165, 1.54) is 11.8 Å². The maximum absolute atomic E-state index is 11.8. The first kappa shape index (κ1) is 14.3. The van der Waals surface area contributed by atoms with Crippen LogP contribution in [-0.4, -0.2) is 11.1 Å². The molecule has 0 saturated carbocycles. The Morgan fingerprint density at radius 3 is 2.86 bits per heavy atom. The number of carbonyl (C=O) groups excluding carboxylic acids is 1. The van der Waals surface area contributed by atoms with E-state index in [2.05, 4.69) is 10.3 Å². The normalized spacial score (nSPS) is 16.4. The minimum absolute atomic E-state index is 0.322. The summed E-state index contributed by atoms with van der Waals surface area (Å²) in [4.78, 5) is 16.2. The SMILES string of the molecule is O=C1N=C(Nc2cccc(Cl)c2Cl)S/C1=C/c1ccco1. The third kappa shape index (κ3) is 3.15. The first-order valence-electron chi connectivity index (χ1n) is 5.90. The maximum atomic E-state index is 11.8. The molecule has 2 heterocycles. The number of anilines is 1. The minimum atomic E-state index is -0.322. The molecule has 2 aromatic rings. The number of halogens is 2. The third-order valence-electron chi connectivity index (χ3n) is 2.63. The Kier molecular flexibility index (Phi) is 4.05. The van der Waals surface area contributed by atoms with Crippen molar-refractivity contribution < 1.29 is 9.21 Å². The van der Waals surface area contributed by atoms with Crippen LogP contribution in [0.4, 0.5) is 5.69 Å². The van der Waals surface area contributed by atoms with Crippen LogP contribution in [-0.2, 0) is 4.79 Å². The summed E-state index contributed by atoms with van der Waals surface area (Å²) in [6.07, 6.45) is 3.19. The summed E-state index contributed by atoms with van der Waals surface area (Å²) in [7, 11) is 0. The molecule has 7 heteroatoms. The van der Waals surface area contributed by atoms with E-state index in [9.17, 15) is 4.79 Å². The van der Waals surface area contributed by atoms with E-state index in [0.717, 1.165) is 0 Å². The number of amides is 1. The van der Waals surface area contributed by atoms with E-state index < -0.39 is 0 Å². The van der Waals surface area contributed by atoms with E-state index >= 15 is 0 Å². The zero-order valence-electron chi connectivity index (χ0n) is 10.5. The van der Waals surface area contributed by atoms with E-state index in [-0.39, 0.29) is 5.91 Å². The highest BCUT2D eigenvalue weighted by molar-refractivity contribution is 8.18. The predicted molar refractivity (Wildman–Crippen MR) is 86.8 cm³/mol. The van der Waals surface area contributed by atoms with Crippen LogP contribution in [0.15, 0.2) is 50.9 Å². The van der Waals surface area contributed by atoms with Crippen LogP contribution in [0.1, 0.15) is 5.76 Å². The van der Waals surface area contributed by atoms with Gasteiger partial charge in [-0.25, -0.2) is 0 Å². The highest BCUT2D eigenvalue weighted by Gasteiger charge is 2.23. The second kappa shape index (κ2) is 5.97. The van der Waals surface area contributed by atoms with Gasteiger partial charge in [-0.15, -0.1) is 0 Å². The van der Waals surface area contributed by atoms with E-state index in [0.29, 0.717) is 31.6 Å². The van der Waals surface area contributed by atoms with Crippen LogP contribution >= 0.6 is 35.0 Å². The summed E-state index contributed by atoms with van der Waals surface area (Å²) in [6.45, 7) is 0. The number of furan rings is 1. The van der Waals surface area contributed by atoms with Crippen molar-refractivity contribution in [3.05, 3.63) is 57.3 Å². The topological polar surface area (TPSA) is 54.6 Å². The Morgan fingerprint density at radius 1 is 1.24 bits per heavy atom. The number of hydrogen-bond acceptors (Lipinski definition) is 4. The zero-order valence-corrected chi connectivity index (χ0v) is 12.8. The molecule has 0 radical (unpaired) electrons. The van der Waals surface area contributed by atoms with Gasteiger partial charge in [-0.1, -0.05) is 29.3 Å². The Morgan fingerprint density at radius 2 is 2.10 bits per heavy atom. The lowest BCUT2D eigenvalue weighted by Gasteiger charge is -2.07. The molecule has 0 atom stereocenters. The van der Waals surface area contributed by atoms with Crippen LogP contribution in [0, 0.1) is 0 Å². The van der Waals surface area contributed by atoms with Crippen molar-refractivity contribution in [2.45, 2.75) is 0 Å². The lowest BCUT2D eigenvalue weighted by atomic mass is 10.3. The quantitative estimate of drug-likeness (QED) is 0.808. The number of aliphatic imine (C=N–C) groups is 1. The van der Waals surface area contributed by atoms with Gasteiger partial charge >= 0.3 is 0 Å². The lowest BCUT2D eigenvalue weighted by Crippen LogP contribution is -2.05. The Labute approximate surface area is 134 Å². The van der Waals surface area contributed by atoms with Crippen LogP contribution in [0.3, 0.4) is 0 Å². The molecule has 106 valence electrons. The number of hydrogen-bond donors (Lipinski definition) is 1. The number of thioether (sulfide) groups is 1. The fraction of sp³-hybridized carbons (Fsp3) is 0. The third-order valence-corrected chi connectivity index (χ3v) is 4.35. The number of carbonyl (C=O) groups is 1. The molecular weight excluding hydrogens is 331 g/mol. The predicted octanol–water partition coefficient (Wildman–Crippen LogP) is 4.67. The van der Waals surface area contributed by atoms with Crippen molar-refractivity contribution in [2.24, 2.45) is 4.99 Å². The Bertz CT molecular complexity index is 754. The van der Waals surface area contributed by atoms with Crippen molar-refractivity contribution in [1.29, 1.82) is 0 Å². The molecule has 3 rings (SSSR count). The van der Waals surface area contributed by atoms with Gasteiger partial charge in [0.2, 0.25) is 0 Å². The van der Waals surface area contributed by atoms with E-state index in [4.69, 9.17) is 27.6 Å². The van der Waals surface area contributed by atoms with Gasteiger partial charge in [-0.2, -0.15) is 4.99 Å². The van der Waals surface area contributed by atoms with Crippen LogP contribution < -0.4 is 5.32 Å². The van der Waals surface area contributed by atoms with Crippen molar-refractivity contribution in [3.63, 3.8) is 0 Å². The molecular formula is C14H8Cl2N2O2S. The van der Waals surface area contributed by atoms with Gasteiger partial charge in [0.05, 0.1) is 26.9 Å². The van der Waals surface area contributed by atoms with Gasteiger partial charge in [0.25, 0.3) is 5.91 Å². The Hall–Kier alpha value is -1.69. The lowest BCUT2D eigenvalue weighted by molar-refractivity contribution is -0.113. The molecule has 0 spiro atoms. The summed E-state index contributed by atoms with van der Waals surface area (Å²) in [5.74, 6) is 0.278. The summed E-state index contributed by atoms with van der Waals surface area (Å²) in [5.41, 5.74) is 0.600. The second-order valence-electron chi connectivity index (χ2n) is 4.07. The first-order chi connectivity index (χ1) is 10.1. The molecule has 0 aliphatic carbocycles. The fourth-order valence-corrected chi connectivity index (χ4v) is 2.83. The molecule has 0 fully saturated rings. The summed E-state index contributed by atoms with van der Waals surface area (Å²) in [5, 5.41) is 4.26. The first-order valence-corrected chi connectivity index (χ1v) is 7.48. The van der Waals surface area contributed by atoms with Gasteiger partial charge in [-0.3, -0.25) is 4.79 Å². The summed E-state index contributed by atoms with van der Waals surface area (Å²) in [6, 6.07) is 8.72. The molecule has 1 amide bonds. The second-order valence-corrected chi connectivity index (χ2v) is 5.89. The van der Waals surface area contributed by atoms with Crippen LogP contribution in [0.5, 0.6) is 0 Å². The van der Waals surface area contributed by atoms with Gasteiger partial charge in [0.1, 0.15) is 5.76 Å². The molecule has 0 saturated heterocycles. The molecule has 1 aromatic heterocycles. The standard InChI is InChI=1S/C14H8Cl2N2O2S/c15-9-4-1-5-10(12(9)16)17-14-18-13(19)11(21-14)7-8-3-2-6-20-8/h1-7H,(H,17,18,19)/b11-7+. The van der Waals surface area contributed by atoms with Gasteiger partial charge in [0, 0.05) is 6.08 Å². The van der Waals surface area contributed by atoms with Crippen molar-refractivity contribution >= 4 is 57.8 Å². The van der Waals surface area contributed by atoms with Crippen molar-refractivity contribution in [3.8, 4) is 0 Å². The number of rotatable bonds is 2. The molecule has 1 aromatic carbocycles. The fourth-order valence-electron chi connectivity index (χ4n) is 1.68. The molecule has 21 heavy (non-hydrogen) atoms. The minimum Gasteiger partial charge on any atom is -0.465 e. The van der Waals surface area contributed by atoms with E-state index in [1.54, 1.807) is 42.7 Å².